The Hall–Kier alpha value is -4.35. The molecule has 36 heavy (non-hydrogen) atoms. The van der Waals surface area contributed by atoms with E-state index in [4.69, 9.17) is 4.74 Å². The summed E-state index contributed by atoms with van der Waals surface area (Å²) >= 11 is 0. The number of imidazole rings is 1. The standard InChI is InChI=1S/C24H25F2N7O3/c1-13(2)20-16(24(35)36-4)10-33-21(20)22(29-11-30-33)31-19-7-15(17(25)8-18(19)26)23(34)28-6-5-14-9-27-12-32(14)3/h7-13H,5-6H2,1-4H3,(H,28,34)(H,29,30,31). The number of carbonyl (C=O) groups is 2. The highest BCUT2D eigenvalue weighted by Gasteiger charge is 2.24. The zero-order chi connectivity index (χ0) is 26.0. The van der Waals surface area contributed by atoms with Crippen molar-refractivity contribution in [3.05, 3.63) is 71.2 Å². The molecule has 10 nitrogen and oxygen atoms in total. The predicted molar refractivity (Wildman–Crippen MR) is 127 cm³/mol. The second-order valence-electron chi connectivity index (χ2n) is 8.44. The first-order valence-corrected chi connectivity index (χ1v) is 11.1. The quantitative estimate of drug-likeness (QED) is 0.359. The topological polar surface area (TPSA) is 115 Å². The average molecular weight is 498 g/mol. The van der Waals surface area contributed by atoms with Crippen molar-refractivity contribution in [2.24, 2.45) is 7.05 Å². The maximum absolute atomic E-state index is 14.7. The van der Waals surface area contributed by atoms with E-state index in [0.29, 0.717) is 29.1 Å². The number of benzene rings is 1. The van der Waals surface area contributed by atoms with Crippen molar-refractivity contribution in [3.63, 3.8) is 0 Å². The lowest BCUT2D eigenvalue weighted by atomic mass is 10.00. The third kappa shape index (κ3) is 4.74. The molecular weight excluding hydrogens is 472 g/mol. The monoisotopic (exact) mass is 497 g/mol. The molecular formula is C24H25F2N7O3. The summed E-state index contributed by atoms with van der Waals surface area (Å²) in [4.78, 5) is 33.2. The summed E-state index contributed by atoms with van der Waals surface area (Å²) in [5, 5.41) is 9.61. The van der Waals surface area contributed by atoms with Crippen LogP contribution in [0.15, 0.2) is 37.2 Å². The molecule has 0 saturated carbocycles. The van der Waals surface area contributed by atoms with E-state index in [1.54, 1.807) is 12.5 Å². The van der Waals surface area contributed by atoms with E-state index >= 15 is 0 Å². The summed E-state index contributed by atoms with van der Waals surface area (Å²) in [6.07, 6.45) is 6.54. The van der Waals surface area contributed by atoms with Gasteiger partial charge in [0.15, 0.2) is 5.82 Å². The molecule has 0 bridgehead atoms. The molecule has 0 saturated heterocycles. The SMILES string of the molecule is COC(=O)c1cn2ncnc(Nc3cc(C(=O)NCCc4cncn4C)c(F)cc3F)c2c1C(C)C. The van der Waals surface area contributed by atoms with Crippen molar-refractivity contribution in [1.29, 1.82) is 0 Å². The third-order valence-electron chi connectivity index (χ3n) is 5.73. The van der Waals surface area contributed by atoms with Crippen LogP contribution in [0.4, 0.5) is 20.3 Å². The number of nitrogens with one attached hydrogen (secondary N) is 2. The Bertz CT molecular complexity index is 1450. The zero-order valence-electron chi connectivity index (χ0n) is 20.2. The van der Waals surface area contributed by atoms with Crippen LogP contribution in [-0.4, -0.2) is 49.7 Å². The Kier molecular flexibility index (Phi) is 6.95. The number of ether oxygens (including phenoxy) is 1. The lowest BCUT2D eigenvalue weighted by Gasteiger charge is -2.13. The first-order chi connectivity index (χ1) is 17.2. The Morgan fingerprint density at radius 2 is 1.94 bits per heavy atom. The van der Waals surface area contributed by atoms with Gasteiger partial charge in [0.25, 0.3) is 5.91 Å². The highest BCUT2D eigenvalue weighted by atomic mass is 19.1. The number of halogens is 2. The lowest BCUT2D eigenvalue weighted by Crippen LogP contribution is -2.27. The molecule has 0 aliphatic rings. The number of nitrogens with zero attached hydrogens (tertiary/aromatic N) is 5. The Labute approximate surface area is 205 Å². The largest absolute Gasteiger partial charge is 0.465 e. The van der Waals surface area contributed by atoms with Gasteiger partial charge in [-0.25, -0.2) is 28.1 Å². The fraction of sp³-hybridized carbons (Fsp3) is 0.292. The number of carbonyl (C=O) groups excluding carboxylic acids is 2. The van der Waals surface area contributed by atoms with E-state index in [9.17, 15) is 18.4 Å². The highest BCUT2D eigenvalue weighted by Crippen LogP contribution is 2.32. The van der Waals surface area contributed by atoms with Crippen LogP contribution in [0.2, 0.25) is 0 Å². The number of aromatic nitrogens is 5. The van der Waals surface area contributed by atoms with E-state index in [0.717, 1.165) is 11.8 Å². The van der Waals surface area contributed by atoms with Crippen LogP contribution >= 0.6 is 0 Å². The average Bonchev–Trinajstić information content (AvgIpc) is 3.44. The van der Waals surface area contributed by atoms with Gasteiger partial charge in [-0.05, 0) is 12.0 Å². The fourth-order valence-corrected chi connectivity index (χ4v) is 3.95. The van der Waals surface area contributed by atoms with Crippen LogP contribution in [-0.2, 0) is 18.2 Å². The zero-order valence-corrected chi connectivity index (χ0v) is 20.2. The number of anilines is 2. The minimum Gasteiger partial charge on any atom is -0.465 e. The minimum absolute atomic E-state index is 0.130. The van der Waals surface area contributed by atoms with E-state index < -0.39 is 23.5 Å². The van der Waals surface area contributed by atoms with Crippen LogP contribution in [0.25, 0.3) is 5.52 Å². The van der Waals surface area contributed by atoms with E-state index in [2.05, 4.69) is 25.7 Å². The van der Waals surface area contributed by atoms with Crippen molar-refractivity contribution in [2.45, 2.75) is 26.2 Å². The van der Waals surface area contributed by atoms with E-state index in [-0.39, 0.29) is 29.5 Å². The molecule has 0 spiro atoms. The van der Waals surface area contributed by atoms with Gasteiger partial charge in [0.05, 0.1) is 30.3 Å². The number of amides is 1. The second-order valence-corrected chi connectivity index (χ2v) is 8.44. The fourth-order valence-electron chi connectivity index (χ4n) is 3.95. The van der Waals surface area contributed by atoms with Gasteiger partial charge in [0.2, 0.25) is 0 Å². The summed E-state index contributed by atoms with van der Waals surface area (Å²) in [5.41, 5.74) is 1.72. The summed E-state index contributed by atoms with van der Waals surface area (Å²) in [5.74, 6) is -3.10. The van der Waals surface area contributed by atoms with Crippen molar-refractivity contribution in [3.8, 4) is 0 Å². The third-order valence-corrected chi connectivity index (χ3v) is 5.73. The number of methoxy groups -OCH3 is 1. The van der Waals surface area contributed by atoms with Gasteiger partial charge in [0, 0.05) is 49.7 Å². The number of hydrogen-bond donors (Lipinski definition) is 2. The Balaban J connectivity index is 1.64. The lowest BCUT2D eigenvalue weighted by molar-refractivity contribution is 0.0599. The first kappa shape index (κ1) is 24.8. The molecule has 0 aliphatic carbocycles. The van der Waals surface area contributed by atoms with Crippen LogP contribution in [0, 0.1) is 11.6 Å². The number of esters is 1. The van der Waals surface area contributed by atoms with Crippen LogP contribution in [0.5, 0.6) is 0 Å². The van der Waals surface area contributed by atoms with Gasteiger partial charge in [-0.15, -0.1) is 0 Å². The van der Waals surface area contributed by atoms with Gasteiger partial charge >= 0.3 is 5.97 Å². The van der Waals surface area contributed by atoms with Crippen molar-refractivity contribution >= 4 is 28.9 Å². The van der Waals surface area contributed by atoms with Crippen molar-refractivity contribution in [1.82, 2.24) is 29.5 Å². The van der Waals surface area contributed by atoms with Crippen LogP contribution in [0.1, 0.15) is 51.7 Å². The first-order valence-electron chi connectivity index (χ1n) is 11.1. The van der Waals surface area contributed by atoms with Gasteiger partial charge in [-0.1, -0.05) is 13.8 Å². The van der Waals surface area contributed by atoms with E-state index in [1.807, 2.05) is 25.5 Å². The van der Waals surface area contributed by atoms with Gasteiger partial charge in [-0.2, -0.15) is 5.10 Å². The summed E-state index contributed by atoms with van der Waals surface area (Å²) in [6, 6.07) is 1.72. The highest BCUT2D eigenvalue weighted by molar-refractivity contribution is 5.97. The molecule has 3 heterocycles. The molecule has 0 radical (unpaired) electrons. The number of rotatable bonds is 8. The molecule has 2 N–H and O–H groups in total. The summed E-state index contributed by atoms with van der Waals surface area (Å²) < 4.78 is 37.4. The molecule has 0 aliphatic heterocycles. The van der Waals surface area contributed by atoms with Gasteiger partial charge in [0.1, 0.15) is 23.5 Å². The maximum Gasteiger partial charge on any atom is 0.339 e. The minimum atomic E-state index is -0.998. The van der Waals surface area contributed by atoms with Gasteiger partial charge < -0.3 is 19.9 Å². The van der Waals surface area contributed by atoms with Gasteiger partial charge in [-0.3, -0.25) is 4.79 Å². The Morgan fingerprint density at radius 1 is 1.17 bits per heavy atom. The molecule has 4 aromatic rings. The number of hydrogen-bond acceptors (Lipinski definition) is 7. The van der Waals surface area contributed by atoms with Crippen molar-refractivity contribution < 1.29 is 23.1 Å². The normalized spacial score (nSPS) is 11.2. The number of fused-ring (bicyclic) bond motifs is 1. The summed E-state index contributed by atoms with van der Waals surface area (Å²) in [7, 11) is 3.10. The Morgan fingerprint density at radius 3 is 2.61 bits per heavy atom. The molecule has 3 aromatic heterocycles. The predicted octanol–water partition coefficient (Wildman–Crippen LogP) is 3.37. The van der Waals surface area contributed by atoms with Crippen molar-refractivity contribution in [2.75, 3.05) is 19.0 Å². The number of aryl methyl sites for hydroxylation is 1. The molecule has 0 fully saturated rings. The molecule has 12 heteroatoms. The summed E-state index contributed by atoms with van der Waals surface area (Å²) in [6.45, 7) is 4.00. The van der Waals surface area contributed by atoms with Crippen LogP contribution in [0.3, 0.4) is 0 Å². The molecule has 1 aromatic carbocycles. The molecule has 0 unspecified atom stereocenters. The molecule has 188 valence electrons. The van der Waals surface area contributed by atoms with E-state index in [1.165, 1.54) is 24.1 Å². The smallest absolute Gasteiger partial charge is 0.339 e. The van der Waals surface area contributed by atoms with Crippen LogP contribution < -0.4 is 10.6 Å². The molecule has 1 amide bonds. The molecule has 0 atom stereocenters. The molecule has 4 rings (SSSR count). The second kappa shape index (κ2) is 10.1. The maximum atomic E-state index is 14.7.